The van der Waals surface area contributed by atoms with Crippen LogP contribution < -0.4 is 5.69 Å². The maximum Gasteiger partial charge on any atom is 0.350 e. The van der Waals surface area contributed by atoms with E-state index >= 15 is 0 Å². The molecule has 3 aromatic rings. The lowest BCUT2D eigenvalue weighted by molar-refractivity contribution is 0.0342. The summed E-state index contributed by atoms with van der Waals surface area (Å²) in [5, 5.41) is 4.44. The normalized spacial score (nSPS) is 18.7. The van der Waals surface area contributed by atoms with Crippen LogP contribution in [-0.4, -0.2) is 70.1 Å². The van der Waals surface area contributed by atoms with Gasteiger partial charge < -0.3 is 4.74 Å². The third-order valence-electron chi connectivity index (χ3n) is 7.02. The van der Waals surface area contributed by atoms with E-state index in [-0.39, 0.29) is 11.7 Å². The Hall–Kier alpha value is -3.00. The molecule has 2 aliphatic heterocycles. The molecule has 2 saturated heterocycles. The molecule has 7 nitrogen and oxygen atoms in total. The maximum atomic E-state index is 13.2. The topological polar surface area (TPSA) is 55.5 Å². The molecule has 7 heteroatoms. The minimum atomic E-state index is -0.0514. The Balaban J connectivity index is 1.17. The summed E-state index contributed by atoms with van der Waals surface area (Å²) in [5.41, 5.74) is 4.61. The van der Waals surface area contributed by atoms with Gasteiger partial charge in [-0.2, -0.15) is 9.78 Å². The summed E-state index contributed by atoms with van der Waals surface area (Å²) in [5.74, 6) is 0. The number of benzene rings is 2. The van der Waals surface area contributed by atoms with Crippen LogP contribution in [0.5, 0.6) is 0 Å². The van der Waals surface area contributed by atoms with Crippen molar-refractivity contribution in [1.29, 1.82) is 0 Å². The minimum absolute atomic E-state index is 0.0514. The number of hydrogen-bond donors (Lipinski definition) is 0. The summed E-state index contributed by atoms with van der Waals surface area (Å²) in [6.07, 6.45) is 5.89. The maximum absolute atomic E-state index is 13.2. The van der Waals surface area contributed by atoms with Crippen LogP contribution in [0.25, 0.3) is 11.8 Å². The Labute approximate surface area is 207 Å². The molecule has 2 aromatic carbocycles. The third kappa shape index (κ3) is 5.99. The van der Waals surface area contributed by atoms with Crippen LogP contribution in [0.15, 0.2) is 71.3 Å². The fourth-order valence-corrected chi connectivity index (χ4v) is 5.09. The molecule has 2 aliphatic rings. The van der Waals surface area contributed by atoms with Crippen molar-refractivity contribution in [2.24, 2.45) is 0 Å². The number of rotatable bonds is 7. The monoisotopic (exact) mass is 473 g/mol. The Morgan fingerprint density at radius 2 is 1.69 bits per heavy atom. The highest BCUT2D eigenvalue weighted by Gasteiger charge is 2.23. The van der Waals surface area contributed by atoms with Crippen molar-refractivity contribution >= 4 is 6.08 Å². The lowest BCUT2D eigenvalue weighted by Crippen LogP contribution is -2.38. The van der Waals surface area contributed by atoms with Gasteiger partial charge in [0.25, 0.3) is 0 Å². The van der Waals surface area contributed by atoms with Crippen LogP contribution in [0.4, 0.5) is 0 Å². The molecule has 2 fully saturated rings. The molecule has 0 aliphatic carbocycles. The van der Waals surface area contributed by atoms with Crippen LogP contribution >= 0.6 is 0 Å². The second-order valence-corrected chi connectivity index (χ2v) is 9.70. The Kier molecular flexibility index (Phi) is 7.57. The predicted molar refractivity (Wildman–Crippen MR) is 139 cm³/mol. The zero-order valence-electron chi connectivity index (χ0n) is 20.6. The summed E-state index contributed by atoms with van der Waals surface area (Å²) >= 11 is 0. The smallest absolute Gasteiger partial charge is 0.350 e. The van der Waals surface area contributed by atoms with Gasteiger partial charge in [-0.05, 0) is 43.0 Å². The summed E-state index contributed by atoms with van der Waals surface area (Å²) in [6.45, 7) is 9.57. The molecule has 0 spiro atoms. The fourth-order valence-electron chi connectivity index (χ4n) is 5.09. The first-order chi connectivity index (χ1) is 17.2. The molecule has 0 radical (unpaired) electrons. The fraction of sp³-hybridized carbons (Fsp3) is 0.429. The third-order valence-corrected chi connectivity index (χ3v) is 7.02. The molecule has 5 rings (SSSR count). The van der Waals surface area contributed by atoms with E-state index in [1.54, 1.807) is 6.33 Å². The molecule has 184 valence electrons. The van der Waals surface area contributed by atoms with Gasteiger partial charge in [-0.3, -0.25) is 14.4 Å². The molecule has 0 unspecified atom stereocenters. The summed E-state index contributed by atoms with van der Waals surface area (Å²) in [6, 6.07) is 18.9. The molecular formula is C28H35N5O2. The Bertz CT molecular complexity index is 1170. The van der Waals surface area contributed by atoms with Gasteiger partial charge in [-0.15, -0.1) is 0 Å². The molecular weight excluding hydrogens is 438 g/mol. The molecule has 35 heavy (non-hydrogen) atoms. The highest BCUT2D eigenvalue weighted by atomic mass is 16.5. The molecule has 0 bridgehead atoms. The Morgan fingerprint density at radius 3 is 2.40 bits per heavy atom. The zero-order chi connectivity index (χ0) is 24.0. The second kappa shape index (κ2) is 11.2. The Morgan fingerprint density at radius 1 is 0.971 bits per heavy atom. The van der Waals surface area contributed by atoms with Crippen molar-refractivity contribution in [1.82, 2.24) is 24.1 Å². The average molecular weight is 474 g/mol. The van der Waals surface area contributed by atoms with E-state index in [1.165, 1.54) is 21.4 Å². The minimum Gasteiger partial charge on any atom is -0.379 e. The van der Waals surface area contributed by atoms with E-state index in [1.807, 2.05) is 22.8 Å². The van der Waals surface area contributed by atoms with Gasteiger partial charge in [0.15, 0.2) is 0 Å². The molecule has 0 atom stereocenters. The highest BCUT2D eigenvalue weighted by Crippen LogP contribution is 2.22. The number of piperidine rings is 1. The molecule has 0 amide bonds. The first-order valence-corrected chi connectivity index (χ1v) is 12.7. The molecule has 0 saturated carbocycles. The largest absolute Gasteiger partial charge is 0.379 e. The summed E-state index contributed by atoms with van der Waals surface area (Å²) in [7, 11) is 0. The van der Waals surface area contributed by atoms with Crippen LogP contribution in [0.2, 0.25) is 0 Å². The average Bonchev–Trinajstić information content (AvgIpc) is 3.27. The van der Waals surface area contributed by atoms with Crippen molar-refractivity contribution in [2.75, 3.05) is 45.9 Å². The molecule has 1 aromatic heterocycles. The van der Waals surface area contributed by atoms with Gasteiger partial charge in [0.2, 0.25) is 0 Å². The summed E-state index contributed by atoms with van der Waals surface area (Å²) < 4.78 is 8.78. The number of likely N-dealkylation sites (tertiary alicyclic amines) is 1. The number of morpholine rings is 1. The number of nitrogens with zero attached hydrogens (tertiary/aromatic N) is 5. The van der Waals surface area contributed by atoms with Gasteiger partial charge in [-0.25, -0.2) is 4.79 Å². The van der Waals surface area contributed by atoms with Crippen LogP contribution in [0.1, 0.15) is 36.9 Å². The molecule has 3 heterocycles. The van der Waals surface area contributed by atoms with E-state index in [0.29, 0.717) is 0 Å². The van der Waals surface area contributed by atoms with E-state index in [2.05, 4.69) is 64.3 Å². The first-order valence-electron chi connectivity index (χ1n) is 12.7. The summed E-state index contributed by atoms with van der Waals surface area (Å²) in [4.78, 5) is 18.0. The van der Waals surface area contributed by atoms with Crippen molar-refractivity contribution in [3.05, 3.63) is 88.1 Å². The van der Waals surface area contributed by atoms with Crippen LogP contribution in [0, 0.1) is 0 Å². The predicted octanol–water partition coefficient (Wildman–Crippen LogP) is 3.61. The standard InChI is InChI=1S/C28H35N5O2/c1-23(19-24-5-3-2-4-6-24)20-30-13-11-26(12-14-30)32-22-29-33(28(32)34)27-9-7-25(8-10-27)21-31-15-17-35-18-16-31/h2-10,19,22,26H,11-18,20-21H2,1H3. The van der Waals surface area contributed by atoms with E-state index < -0.39 is 0 Å². The number of hydrogen-bond acceptors (Lipinski definition) is 5. The van der Waals surface area contributed by atoms with Crippen molar-refractivity contribution in [2.45, 2.75) is 32.4 Å². The lowest BCUT2D eigenvalue weighted by Gasteiger charge is -2.32. The van der Waals surface area contributed by atoms with E-state index in [0.717, 1.165) is 71.0 Å². The first kappa shape index (κ1) is 23.7. The SMILES string of the molecule is CC(=Cc1ccccc1)CN1CCC(n2cnn(-c3ccc(CN4CCOCC4)cc3)c2=O)CC1. The number of ether oxygens (including phenoxy) is 1. The second-order valence-electron chi connectivity index (χ2n) is 9.70. The zero-order valence-corrected chi connectivity index (χ0v) is 20.6. The van der Waals surface area contributed by atoms with Crippen molar-refractivity contribution < 1.29 is 4.74 Å². The van der Waals surface area contributed by atoms with E-state index in [9.17, 15) is 4.79 Å². The number of aromatic nitrogens is 3. The highest BCUT2D eigenvalue weighted by molar-refractivity contribution is 5.52. The van der Waals surface area contributed by atoms with Gasteiger partial charge in [0.05, 0.1) is 18.9 Å². The lowest BCUT2D eigenvalue weighted by atomic mass is 10.0. The van der Waals surface area contributed by atoms with Crippen LogP contribution in [-0.2, 0) is 11.3 Å². The van der Waals surface area contributed by atoms with Gasteiger partial charge >= 0.3 is 5.69 Å². The quantitative estimate of drug-likeness (QED) is 0.525. The molecule has 0 N–H and O–H groups in total. The van der Waals surface area contributed by atoms with Gasteiger partial charge in [0.1, 0.15) is 6.33 Å². The van der Waals surface area contributed by atoms with E-state index in [4.69, 9.17) is 4.74 Å². The van der Waals surface area contributed by atoms with Crippen LogP contribution in [0.3, 0.4) is 0 Å². The van der Waals surface area contributed by atoms with Gasteiger partial charge in [0, 0.05) is 45.3 Å². The van der Waals surface area contributed by atoms with Crippen molar-refractivity contribution in [3.63, 3.8) is 0 Å². The van der Waals surface area contributed by atoms with Gasteiger partial charge in [-0.1, -0.05) is 54.1 Å². The van der Waals surface area contributed by atoms with Crippen molar-refractivity contribution in [3.8, 4) is 5.69 Å².